The van der Waals surface area contributed by atoms with Crippen LogP contribution in [0.25, 0.3) is 11.1 Å². The van der Waals surface area contributed by atoms with E-state index in [0.717, 1.165) is 37.0 Å². The zero-order valence-corrected chi connectivity index (χ0v) is 9.57. The van der Waals surface area contributed by atoms with Gasteiger partial charge in [0, 0.05) is 11.7 Å². The van der Waals surface area contributed by atoms with Crippen molar-refractivity contribution in [3.8, 4) is 0 Å². The van der Waals surface area contributed by atoms with Gasteiger partial charge in [-0.2, -0.15) is 4.98 Å². The number of hydrogen-bond acceptors (Lipinski definition) is 5. The van der Waals surface area contributed by atoms with E-state index in [0.29, 0.717) is 17.7 Å². The predicted molar refractivity (Wildman–Crippen MR) is 67.9 cm³/mol. The molecule has 1 aromatic heterocycles. The van der Waals surface area contributed by atoms with Crippen molar-refractivity contribution in [1.29, 1.82) is 0 Å². The molecule has 1 fully saturated rings. The number of aromatic nitrogens is 1. The third kappa shape index (κ3) is 2.19. The highest BCUT2D eigenvalue weighted by atomic mass is 16.4. The molecule has 0 unspecified atom stereocenters. The molecule has 1 aliphatic heterocycles. The summed E-state index contributed by atoms with van der Waals surface area (Å²) < 4.78 is 5.63. The molecule has 0 atom stereocenters. The van der Waals surface area contributed by atoms with Crippen molar-refractivity contribution in [2.75, 3.05) is 24.1 Å². The number of benzene rings is 1. The smallest absolute Gasteiger partial charge is 0.295 e. The van der Waals surface area contributed by atoms with Crippen LogP contribution >= 0.6 is 0 Å². The van der Waals surface area contributed by atoms with E-state index in [1.54, 1.807) is 0 Å². The first-order chi connectivity index (χ1) is 8.31. The molecular formula is C12H16N4O. The lowest BCUT2D eigenvalue weighted by Crippen LogP contribution is -2.35. The predicted octanol–water partition coefficient (Wildman–Crippen LogP) is 1.57. The SMILES string of the molecule is Nc1ccc2oc(NC3CCNCC3)nc2c1. The number of piperidine rings is 1. The first kappa shape index (κ1) is 10.4. The first-order valence-electron chi connectivity index (χ1n) is 5.94. The standard InChI is InChI=1S/C12H16N4O/c13-8-1-2-11-10(7-8)16-12(17-11)15-9-3-5-14-6-4-9/h1-2,7,9,14H,3-6,13H2,(H,15,16). The lowest BCUT2D eigenvalue weighted by molar-refractivity contribution is 0.466. The van der Waals surface area contributed by atoms with Crippen LogP contribution in [0.1, 0.15) is 12.8 Å². The summed E-state index contributed by atoms with van der Waals surface area (Å²) in [7, 11) is 0. The second-order valence-corrected chi connectivity index (χ2v) is 4.41. The Labute approximate surface area is 99.4 Å². The molecule has 0 radical (unpaired) electrons. The van der Waals surface area contributed by atoms with E-state index in [1.807, 2.05) is 18.2 Å². The molecule has 1 saturated heterocycles. The minimum Gasteiger partial charge on any atom is -0.424 e. The maximum Gasteiger partial charge on any atom is 0.295 e. The average Bonchev–Trinajstić information content (AvgIpc) is 2.71. The van der Waals surface area contributed by atoms with Crippen LogP contribution in [0, 0.1) is 0 Å². The molecule has 2 aromatic rings. The van der Waals surface area contributed by atoms with Gasteiger partial charge >= 0.3 is 0 Å². The van der Waals surface area contributed by atoms with Crippen molar-refractivity contribution >= 4 is 22.8 Å². The third-order valence-electron chi connectivity index (χ3n) is 3.08. The van der Waals surface area contributed by atoms with Crippen LogP contribution < -0.4 is 16.4 Å². The third-order valence-corrected chi connectivity index (χ3v) is 3.08. The zero-order chi connectivity index (χ0) is 11.7. The number of hydrogen-bond donors (Lipinski definition) is 3. The zero-order valence-electron chi connectivity index (χ0n) is 9.57. The van der Waals surface area contributed by atoms with E-state index in [-0.39, 0.29) is 0 Å². The first-order valence-corrected chi connectivity index (χ1v) is 5.94. The van der Waals surface area contributed by atoms with Crippen LogP contribution in [0.4, 0.5) is 11.7 Å². The molecule has 1 aliphatic rings. The maximum absolute atomic E-state index is 5.71. The summed E-state index contributed by atoms with van der Waals surface area (Å²) in [6.07, 6.45) is 2.20. The quantitative estimate of drug-likeness (QED) is 0.685. The minimum absolute atomic E-state index is 0.446. The number of nitrogens with zero attached hydrogens (tertiary/aromatic N) is 1. The molecule has 0 aliphatic carbocycles. The summed E-state index contributed by atoms with van der Waals surface area (Å²) in [5.41, 5.74) is 8.00. The molecule has 0 amide bonds. The average molecular weight is 232 g/mol. The monoisotopic (exact) mass is 232 g/mol. The van der Waals surface area contributed by atoms with Gasteiger partial charge in [-0.15, -0.1) is 0 Å². The van der Waals surface area contributed by atoms with Crippen molar-refractivity contribution in [2.24, 2.45) is 0 Å². The molecule has 1 aromatic carbocycles. The van der Waals surface area contributed by atoms with Gasteiger partial charge in [0.1, 0.15) is 5.52 Å². The molecule has 5 nitrogen and oxygen atoms in total. The second-order valence-electron chi connectivity index (χ2n) is 4.41. The molecule has 0 spiro atoms. The van der Waals surface area contributed by atoms with E-state index >= 15 is 0 Å². The van der Waals surface area contributed by atoms with Gasteiger partial charge in [0.05, 0.1) is 0 Å². The van der Waals surface area contributed by atoms with Gasteiger partial charge in [-0.05, 0) is 44.1 Å². The molecule has 2 heterocycles. The van der Waals surface area contributed by atoms with Gasteiger partial charge < -0.3 is 20.8 Å². The lowest BCUT2D eigenvalue weighted by atomic mass is 10.1. The number of fused-ring (bicyclic) bond motifs is 1. The molecule has 3 rings (SSSR count). The number of nitrogens with two attached hydrogens (primary N) is 1. The highest BCUT2D eigenvalue weighted by molar-refractivity contribution is 5.78. The molecule has 17 heavy (non-hydrogen) atoms. The van der Waals surface area contributed by atoms with Crippen molar-refractivity contribution in [3.63, 3.8) is 0 Å². The second kappa shape index (κ2) is 4.25. The highest BCUT2D eigenvalue weighted by Gasteiger charge is 2.15. The van der Waals surface area contributed by atoms with Crippen molar-refractivity contribution in [3.05, 3.63) is 18.2 Å². The van der Waals surface area contributed by atoms with Gasteiger partial charge in [0.15, 0.2) is 5.58 Å². The summed E-state index contributed by atoms with van der Waals surface area (Å²) in [6, 6.07) is 6.54. The van der Waals surface area contributed by atoms with Crippen LogP contribution in [0.15, 0.2) is 22.6 Å². The number of nitrogen functional groups attached to an aromatic ring is 1. The van der Waals surface area contributed by atoms with Crippen molar-refractivity contribution in [1.82, 2.24) is 10.3 Å². The van der Waals surface area contributed by atoms with Crippen molar-refractivity contribution in [2.45, 2.75) is 18.9 Å². The highest BCUT2D eigenvalue weighted by Crippen LogP contribution is 2.22. The van der Waals surface area contributed by atoms with Crippen LogP contribution in [0.5, 0.6) is 0 Å². The number of oxazole rings is 1. The van der Waals surface area contributed by atoms with E-state index in [1.165, 1.54) is 0 Å². The summed E-state index contributed by atoms with van der Waals surface area (Å²) in [6.45, 7) is 2.09. The fourth-order valence-electron chi connectivity index (χ4n) is 2.15. The maximum atomic E-state index is 5.71. The summed E-state index contributed by atoms with van der Waals surface area (Å²) in [5, 5.41) is 6.66. The number of anilines is 2. The molecule has 4 N–H and O–H groups in total. The Bertz CT molecular complexity index is 516. The Balaban J connectivity index is 1.80. The van der Waals surface area contributed by atoms with Crippen LogP contribution in [-0.2, 0) is 0 Å². The van der Waals surface area contributed by atoms with Gasteiger partial charge in [-0.25, -0.2) is 0 Å². The van der Waals surface area contributed by atoms with Crippen LogP contribution in [0.3, 0.4) is 0 Å². The Morgan fingerprint density at radius 1 is 1.35 bits per heavy atom. The lowest BCUT2D eigenvalue weighted by Gasteiger charge is -2.22. The molecule has 0 bridgehead atoms. The fraction of sp³-hybridized carbons (Fsp3) is 0.417. The van der Waals surface area contributed by atoms with Crippen LogP contribution in [0.2, 0.25) is 0 Å². The van der Waals surface area contributed by atoms with E-state index in [9.17, 15) is 0 Å². The van der Waals surface area contributed by atoms with Gasteiger partial charge in [0.25, 0.3) is 6.01 Å². The van der Waals surface area contributed by atoms with E-state index < -0.39 is 0 Å². The topological polar surface area (TPSA) is 76.1 Å². The van der Waals surface area contributed by atoms with Gasteiger partial charge in [-0.1, -0.05) is 0 Å². The van der Waals surface area contributed by atoms with Crippen LogP contribution in [-0.4, -0.2) is 24.1 Å². The number of nitrogens with one attached hydrogen (secondary N) is 2. The molecule has 5 heteroatoms. The molecular weight excluding hydrogens is 216 g/mol. The normalized spacial score (nSPS) is 17.4. The van der Waals surface area contributed by atoms with Gasteiger partial charge in [0.2, 0.25) is 0 Å². The molecule has 0 saturated carbocycles. The largest absolute Gasteiger partial charge is 0.424 e. The van der Waals surface area contributed by atoms with Gasteiger partial charge in [-0.3, -0.25) is 0 Å². The summed E-state index contributed by atoms with van der Waals surface area (Å²) in [4.78, 5) is 4.39. The van der Waals surface area contributed by atoms with E-state index in [4.69, 9.17) is 10.2 Å². The Morgan fingerprint density at radius 2 is 2.18 bits per heavy atom. The van der Waals surface area contributed by atoms with E-state index in [2.05, 4.69) is 15.6 Å². The minimum atomic E-state index is 0.446. The molecule has 90 valence electrons. The fourth-order valence-corrected chi connectivity index (χ4v) is 2.15. The van der Waals surface area contributed by atoms with Crippen molar-refractivity contribution < 1.29 is 4.42 Å². The Morgan fingerprint density at radius 3 is 3.00 bits per heavy atom. The summed E-state index contributed by atoms with van der Waals surface area (Å²) >= 11 is 0. The summed E-state index contributed by atoms with van der Waals surface area (Å²) in [5.74, 6) is 0. The number of rotatable bonds is 2. The Kier molecular flexibility index (Phi) is 2.60. The Hall–Kier alpha value is -1.75.